The molecule has 4 heteroatoms. The van der Waals surface area contributed by atoms with E-state index in [1.807, 2.05) is 56.0 Å². The van der Waals surface area contributed by atoms with Crippen molar-refractivity contribution in [2.24, 2.45) is 0 Å². The number of methoxy groups -OCH3 is 2. The maximum atomic E-state index is 12.8. The van der Waals surface area contributed by atoms with Gasteiger partial charge in [-0.2, -0.15) is 0 Å². The minimum atomic E-state index is 0.0408. The molecule has 2 aromatic carbocycles. The van der Waals surface area contributed by atoms with Crippen LogP contribution < -0.4 is 9.47 Å². The molecule has 24 heavy (non-hydrogen) atoms. The molecule has 2 aromatic rings. The lowest BCUT2D eigenvalue weighted by Gasteiger charge is -2.22. The molecule has 0 heterocycles. The van der Waals surface area contributed by atoms with Gasteiger partial charge in [-0.15, -0.1) is 0 Å². The van der Waals surface area contributed by atoms with E-state index in [4.69, 9.17) is 9.47 Å². The lowest BCUT2D eigenvalue weighted by atomic mass is 10.1. The number of ether oxygens (including phenoxy) is 2. The van der Waals surface area contributed by atoms with Gasteiger partial charge >= 0.3 is 0 Å². The normalized spacial score (nSPS) is 10.4. The average Bonchev–Trinajstić information content (AvgIpc) is 2.57. The number of rotatable bonds is 6. The van der Waals surface area contributed by atoms with Gasteiger partial charge < -0.3 is 14.4 Å². The maximum Gasteiger partial charge on any atom is 0.254 e. The molecule has 0 unspecified atom stereocenters. The first-order valence-corrected chi connectivity index (χ1v) is 8.07. The van der Waals surface area contributed by atoms with Crippen molar-refractivity contribution in [1.29, 1.82) is 0 Å². The van der Waals surface area contributed by atoms with Crippen LogP contribution in [-0.2, 0) is 6.54 Å². The van der Waals surface area contributed by atoms with Gasteiger partial charge in [0, 0.05) is 18.7 Å². The number of amides is 1. The minimum Gasteiger partial charge on any atom is -0.493 e. The summed E-state index contributed by atoms with van der Waals surface area (Å²) in [4.78, 5) is 14.7. The van der Waals surface area contributed by atoms with Crippen molar-refractivity contribution in [3.8, 4) is 11.5 Å². The van der Waals surface area contributed by atoms with E-state index in [2.05, 4.69) is 6.07 Å². The maximum absolute atomic E-state index is 12.8. The first-order valence-electron chi connectivity index (χ1n) is 8.07. The fraction of sp³-hybridized carbons (Fsp3) is 0.350. The van der Waals surface area contributed by atoms with Gasteiger partial charge in [0.1, 0.15) is 0 Å². The van der Waals surface area contributed by atoms with E-state index in [1.165, 1.54) is 0 Å². The first-order chi connectivity index (χ1) is 11.5. The molecule has 0 atom stereocenters. The molecule has 0 aromatic heterocycles. The van der Waals surface area contributed by atoms with Crippen LogP contribution in [0, 0.1) is 13.8 Å². The second kappa shape index (κ2) is 7.86. The fourth-order valence-corrected chi connectivity index (χ4v) is 2.81. The Hall–Kier alpha value is -2.49. The zero-order chi connectivity index (χ0) is 17.7. The summed E-state index contributed by atoms with van der Waals surface area (Å²) in [5.74, 6) is 1.40. The van der Waals surface area contributed by atoms with Gasteiger partial charge in [-0.3, -0.25) is 4.79 Å². The van der Waals surface area contributed by atoms with Gasteiger partial charge in [0.15, 0.2) is 11.5 Å². The molecule has 4 nitrogen and oxygen atoms in total. The first kappa shape index (κ1) is 17.9. The number of hydrogen-bond donors (Lipinski definition) is 0. The topological polar surface area (TPSA) is 38.8 Å². The molecule has 1 amide bonds. The predicted octanol–water partition coefficient (Wildman–Crippen LogP) is 3.98. The summed E-state index contributed by atoms with van der Waals surface area (Å²) in [5.41, 5.74) is 3.93. The third-order valence-corrected chi connectivity index (χ3v) is 3.96. The Morgan fingerprint density at radius 3 is 2.12 bits per heavy atom. The second-order valence-corrected chi connectivity index (χ2v) is 5.89. The highest BCUT2D eigenvalue weighted by Crippen LogP contribution is 2.28. The van der Waals surface area contributed by atoms with Crippen molar-refractivity contribution in [2.45, 2.75) is 27.3 Å². The van der Waals surface area contributed by atoms with E-state index < -0.39 is 0 Å². The summed E-state index contributed by atoms with van der Waals surface area (Å²) in [6.07, 6.45) is 0. The molecule has 0 radical (unpaired) electrons. The van der Waals surface area contributed by atoms with E-state index >= 15 is 0 Å². The molecule has 0 bridgehead atoms. The van der Waals surface area contributed by atoms with E-state index in [9.17, 15) is 4.79 Å². The van der Waals surface area contributed by atoms with Crippen molar-refractivity contribution in [3.05, 3.63) is 58.7 Å². The highest BCUT2D eigenvalue weighted by Gasteiger charge is 2.16. The third-order valence-electron chi connectivity index (χ3n) is 3.96. The summed E-state index contributed by atoms with van der Waals surface area (Å²) in [6, 6.07) is 11.7. The Bertz CT molecular complexity index is 705. The molecular formula is C20H25NO3. The molecule has 0 aliphatic carbocycles. The van der Waals surface area contributed by atoms with Crippen LogP contribution >= 0.6 is 0 Å². The van der Waals surface area contributed by atoms with Crippen molar-refractivity contribution in [2.75, 3.05) is 20.8 Å². The Labute approximate surface area is 144 Å². The lowest BCUT2D eigenvalue weighted by molar-refractivity contribution is 0.0752. The van der Waals surface area contributed by atoms with E-state index in [-0.39, 0.29) is 5.91 Å². The monoisotopic (exact) mass is 327 g/mol. The van der Waals surface area contributed by atoms with Gasteiger partial charge in [0.25, 0.3) is 5.91 Å². The molecule has 0 N–H and O–H groups in total. The highest BCUT2D eigenvalue weighted by atomic mass is 16.5. The molecule has 0 aliphatic heterocycles. The van der Waals surface area contributed by atoms with Crippen LogP contribution in [0.2, 0.25) is 0 Å². The van der Waals surface area contributed by atoms with E-state index in [0.29, 0.717) is 24.6 Å². The van der Waals surface area contributed by atoms with Gasteiger partial charge in [0.2, 0.25) is 0 Å². The van der Waals surface area contributed by atoms with Crippen molar-refractivity contribution < 1.29 is 14.3 Å². The zero-order valence-corrected chi connectivity index (χ0v) is 15.1. The molecule has 0 spiro atoms. The predicted molar refractivity (Wildman–Crippen MR) is 95.9 cm³/mol. The second-order valence-electron chi connectivity index (χ2n) is 5.89. The number of nitrogens with zero attached hydrogens (tertiary/aromatic N) is 1. The van der Waals surface area contributed by atoms with Crippen LogP contribution in [0.15, 0.2) is 36.4 Å². The largest absolute Gasteiger partial charge is 0.493 e. The van der Waals surface area contributed by atoms with Crippen LogP contribution in [0.3, 0.4) is 0 Å². The quantitative estimate of drug-likeness (QED) is 0.805. The summed E-state index contributed by atoms with van der Waals surface area (Å²) in [7, 11) is 3.22. The van der Waals surface area contributed by atoms with Crippen LogP contribution in [0.5, 0.6) is 11.5 Å². The Kier molecular flexibility index (Phi) is 5.85. The number of benzene rings is 2. The Morgan fingerprint density at radius 2 is 1.58 bits per heavy atom. The minimum absolute atomic E-state index is 0.0408. The van der Waals surface area contributed by atoms with E-state index in [0.717, 1.165) is 22.3 Å². The summed E-state index contributed by atoms with van der Waals surface area (Å²) in [5, 5.41) is 0. The Balaban J connectivity index is 2.24. The molecular weight excluding hydrogens is 302 g/mol. The number of aryl methyl sites for hydroxylation is 2. The summed E-state index contributed by atoms with van der Waals surface area (Å²) < 4.78 is 10.6. The molecule has 0 aliphatic rings. The van der Waals surface area contributed by atoms with Crippen molar-refractivity contribution >= 4 is 5.91 Å². The van der Waals surface area contributed by atoms with Gasteiger partial charge in [0.05, 0.1) is 14.2 Å². The SMILES string of the molecule is CCN(Cc1ccc(OC)c(OC)c1)C(=O)c1cc(C)cc(C)c1. The van der Waals surface area contributed by atoms with Gasteiger partial charge in [-0.25, -0.2) is 0 Å². The summed E-state index contributed by atoms with van der Waals surface area (Å²) >= 11 is 0. The molecule has 0 saturated heterocycles. The summed E-state index contributed by atoms with van der Waals surface area (Å²) in [6.45, 7) is 7.17. The van der Waals surface area contributed by atoms with Crippen LogP contribution in [0.4, 0.5) is 0 Å². The van der Waals surface area contributed by atoms with Gasteiger partial charge in [-0.1, -0.05) is 23.3 Å². The lowest BCUT2D eigenvalue weighted by Crippen LogP contribution is -2.30. The molecule has 128 valence electrons. The molecule has 0 saturated carbocycles. The molecule has 2 rings (SSSR count). The van der Waals surface area contributed by atoms with Crippen LogP contribution in [-0.4, -0.2) is 31.6 Å². The number of hydrogen-bond acceptors (Lipinski definition) is 3. The van der Waals surface area contributed by atoms with Gasteiger partial charge in [-0.05, 0) is 50.6 Å². The third kappa shape index (κ3) is 4.07. The van der Waals surface area contributed by atoms with Crippen LogP contribution in [0.25, 0.3) is 0 Å². The van der Waals surface area contributed by atoms with E-state index in [1.54, 1.807) is 14.2 Å². The Morgan fingerprint density at radius 1 is 0.958 bits per heavy atom. The standard InChI is InChI=1S/C20H25NO3/c1-6-21(20(22)17-10-14(2)9-15(3)11-17)13-16-7-8-18(23-4)19(12-16)24-5/h7-12H,6,13H2,1-5H3. The number of carbonyl (C=O) groups is 1. The fourth-order valence-electron chi connectivity index (χ4n) is 2.81. The molecule has 0 fully saturated rings. The van der Waals surface area contributed by atoms with Crippen LogP contribution in [0.1, 0.15) is 34.0 Å². The van der Waals surface area contributed by atoms with Crippen molar-refractivity contribution in [3.63, 3.8) is 0 Å². The zero-order valence-electron chi connectivity index (χ0n) is 15.1. The highest BCUT2D eigenvalue weighted by molar-refractivity contribution is 5.94. The average molecular weight is 327 g/mol. The smallest absolute Gasteiger partial charge is 0.254 e. The van der Waals surface area contributed by atoms with Crippen molar-refractivity contribution in [1.82, 2.24) is 4.90 Å². The number of carbonyl (C=O) groups excluding carboxylic acids is 1.